The van der Waals surface area contributed by atoms with Gasteiger partial charge >= 0.3 is 7.12 Å². The van der Waals surface area contributed by atoms with Crippen LogP contribution >= 0.6 is 0 Å². The summed E-state index contributed by atoms with van der Waals surface area (Å²) in [4.78, 5) is 0. The number of halogens is 1. The molecule has 0 aromatic heterocycles. The molecule has 0 radical (unpaired) electrons. The lowest BCUT2D eigenvalue weighted by molar-refractivity contribution is 0.00578. The summed E-state index contributed by atoms with van der Waals surface area (Å²) in [6, 6.07) is 0. The summed E-state index contributed by atoms with van der Waals surface area (Å²) in [7, 11) is -0.817. The van der Waals surface area contributed by atoms with Crippen molar-refractivity contribution in [3.8, 4) is 0 Å². The van der Waals surface area contributed by atoms with E-state index in [1.54, 1.807) is 0 Å². The zero-order valence-corrected chi connectivity index (χ0v) is 13.8. The maximum Gasteiger partial charge on any atom is 0.525 e. The van der Waals surface area contributed by atoms with Crippen LogP contribution in [0.15, 0.2) is 11.3 Å². The van der Waals surface area contributed by atoms with Gasteiger partial charge < -0.3 is 9.31 Å². The molecule has 2 fully saturated rings. The van der Waals surface area contributed by atoms with E-state index in [0.717, 1.165) is 31.3 Å². The lowest BCUT2D eigenvalue weighted by Gasteiger charge is -2.32. The van der Waals surface area contributed by atoms with E-state index in [1.807, 2.05) is 27.7 Å². The lowest BCUT2D eigenvalue weighted by atomic mass is 9.80. The molecule has 0 aromatic carbocycles. The molecular formula is C16H28BFO2. The van der Waals surface area contributed by atoms with Gasteiger partial charge in [-0.25, -0.2) is 4.39 Å². The van der Waals surface area contributed by atoms with Crippen LogP contribution < -0.4 is 0 Å². The minimum Gasteiger partial charge on any atom is -0.398 e. The Morgan fingerprint density at radius 1 is 1.25 bits per heavy atom. The standard InChI is InChI=1S/C16H28BFO2/c1-11(2)10-12-8-7-9-13(12)14(18)17-19-15(3,4)16(5,6)20-17/h11-12H,7-10H2,1-6H3. The van der Waals surface area contributed by atoms with Crippen LogP contribution in [0.3, 0.4) is 0 Å². The van der Waals surface area contributed by atoms with E-state index in [9.17, 15) is 4.39 Å². The third kappa shape index (κ3) is 2.96. The first-order chi connectivity index (χ1) is 9.14. The van der Waals surface area contributed by atoms with Crippen molar-refractivity contribution >= 4 is 7.12 Å². The minimum atomic E-state index is -0.817. The molecule has 0 aromatic rings. The van der Waals surface area contributed by atoms with E-state index in [4.69, 9.17) is 9.31 Å². The molecule has 0 bridgehead atoms. The Labute approximate surface area is 123 Å². The molecule has 1 aliphatic heterocycles. The first kappa shape index (κ1) is 16.0. The highest BCUT2D eigenvalue weighted by atomic mass is 19.1. The predicted octanol–water partition coefficient (Wildman–Crippen LogP) is 4.69. The van der Waals surface area contributed by atoms with Crippen molar-refractivity contribution < 1.29 is 13.7 Å². The van der Waals surface area contributed by atoms with Crippen molar-refractivity contribution in [2.24, 2.45) is 11.8 Å². The first-order valence-electron chi connectivity index (χ1n) is 7.88. The molecule has 1 saturated carbocycles. The van der Waals surface area contributed by atoms with Crippen LogP contribution in [0.4, 0.5) is 4.39 Å². The fraction of sp³-hybridized carbons (Fsp3) is 0.875. The fourth-order valence-corrected chi connectivity index (χ4v) is 3.16. The SMILES string of the molecule is CC(C)CC1CCCC1=C(F)B1OC(C)(C)C(C)(C)O1. The van der Waals surface area contributed by atoms with Crippen LogP contribution in [0.2, 0.25) is 0 Å². The first-order valence-corrected chi connectivity index (χ1v) is 7.88. The Morgan fingerprint density at radius 2 is 1.80 bits per heavy atom. The van der Waals surface area contributed by atoms with E-state index in [2.05, 4.69) is 13.8 Å². The van der Waals surface area contributed by atoms with Gasteiger partial charge in [0.2, 0.25) is 0 Å². The zero-order valence-electron chi connectivity index (χ0n) is 13.8. The Balaban J connectivity index is 2.18. The summed E-state index contributed by atoms with van der Waals surface area (Å²) in [6.45, 7) is 12.2. The Hall–Kier alpha value is -0.345. The molecule has 1 heterocycles. The van der Waals surface area contributed by atoms with Crippen molar-refractivity contribution in [2.75, 3.05) is 0 Å². The molecule has 20 heavy (non-hydrogen) atoms. The highest BCUT2D eigenvalue weighted by Crippen LogP contribution is 2.43. The number of hydrogen-bond donors (Lipinski definition) is 0. The van der Waals surface area contributed by atoms with E-state index < -0.39 is 18.3 Å². The molecule has 0 spiro atoms. The van der Waals surface area contributed by atoms with E-state index >= 15 is 0 Å². The number of hydrogen-bond acceptors (Lipinski definition) is 2. The molecular weight excluding hydrogens is 254 g/mol. The molecule has 1 aliphatic carbocycles. The van der Waals surface area contributed by atoms with Crippen LogP contribution in [0.25, 0.3) is 0 Å². The maximum atomic E-state index is 14.8. The second-order valence-electron chi connectivity index (χ2n) is 7.68. The molecule has 1 saturated heterocycles. The quantitative estimate of drug-likeness (QED) is 0.699. The maximum absolute atomic E-state index is 14.8. The van der Waals surface area contributed by atoms with Gasteiger partial charge in [0.1, 0.15) is 5.73 Å². The highest BCUT2D eigenvalue weighted by Gasteiger charge is 2.53. The molecule has 1 unspecified atom stereocenters. The van der Waals surface area contributed by atoms with Gasteiger partial charge in [0.15, 0.2) is 0 Å². The normalized spacial score (nSPS) is 31.2. The zero-order chi connectivity index (χ0) is 15.1. The van der Waals surface area contributed by atoms with Crippen LogP contribution in [0, 0.1) is 11.8 Å². The van der Waals surface area contributed by atoms with Crippen molar-refractivity contribution in [3.05, 3.63) is 11.3 Å². The lowest BCUT2D eigenvalue weighted by Crippen LogP contribution is -2.41. The van der Waals surface area contributed by atoms with Crippen molar-refractivity contribution in [2.45, 2.75) is 78.4 Å². The summed E-state index contributed by atoms with van der Waals surface area (Å²) in [5.74, 6) is 0.966. The molecule has 2 rings (SSSR count). The Bertz CT molecular complexity index is 385. The van der Waals surface area contributed by atoms with Gasteiger partial charge in [0.05, 0.1) is 11.2 Å². The van der Waals surface area contributed by atoms with Gasteiger partial charge in [0.25, 0.3) is 0 Å². The van der Waals surface area contributed by atoms with Gasteiger partial charge in [-0.3, -0.25) is 0 Å². The van der Waals surface area contributed by atoms with Crippen molar-refractivity contribution in [3.63, 3.8) is 0 Å². The van der Waals surface area contributed by atoms with Gasteiger partial charge in [-0.1, -0.05) is 13.8 Å². The average molecular weight is 282 g/mol. The van der Waals surface area contributed by atoms with Gasteiger partial charge in [-0.2, -0.15) is 0 Å². The van der Waals surface area contributed by atoms with Crippen molar-refractivity contribution in [1.29, 1.82) is 0 Å². The van der Waals surface area contributed by atoms with Crippen LogP contribution in [-0.4, -0.2) is 18.3 Å². The summed E-state index contributed by atoms with van der Waals surface area (Å²) >= 11 is 0. The summed E-state index contributed by atoms with van der Waals surface area (Å²) in [5, 5.41) is 0. The van der Waals surface area contributed by atoms with Gasteiger partial charge in [-0.15, -0.1) is 0 Å². The van der Waals surface area contributed by atoms with E-state index in [-0.39, 0.29) is 5.73 Å². The smallest absolute Gasteiger partial charge is 0.398 e. The van der Waals surface area contributed by atoms with Crippen LogP contribution in [0.5, 0.6) is 0 Å². The topological polar surface area (TPSA) is 18.5 Å². The van der Waals surface area contributed by atoms with E-state index in [0.29, 0.717) is 11.8 Å². The minimum absolute atomic E-state index is 0.160. The number of allylic oxidation sites excluding steroid dienone is 1. The van der Waals surface area contributed by atoms with E-state index in [1.165, 1.54) is 0 Å². The molecule has 114 valence electrons. The van der Waals surface area contributed by atoms with Crippen molar-refractivity contribution in [1.82, 2.24) is 0 Å². The summed E-state index contributed by atoms with van der Waals surface area (Å²) in [5.41, 5.74) is -0.160. The van der Waals surface area contributed by atoms with Crippen LogP contribution in [-0.2, 0) is 9.31 Å². The molecule has 0 N–H and O–H groups in total. The number of rotatable bonds is 3. The molecule has 0 amide bonds. The van der Waals surface area contributed by atoms with Crippen LogP contribution in [0.1, 0.15) is 67.2 Å². The van der Waals surface area contributed by atoms with Gasteiger partial charge in [0, 0.05) is 0 Å². The predicted molar refractivity (Wildman–Crippen MR) is 81.0 cm³/mol. The fourth-order valence-electron chi connectivity index (χ4n) is 3.16. The average Bonchev–Trinajstić information content (AvgIpc) is 2.80. The largest absolute Gasteiger partial charge is 0.525 e. The molecule has 2 nitrogen and oxygen atoms in total. The Kier molecular flexibility index (Phi) is 4.37. The Morgan fingerprint density at radius 3 is 2.30 bits per heavy atom. The monoisotopic (exact) mass is 282 g/mol. The van der Waals surface area contributed by atoms with Gasteiger partial charge in [-0.05, 0) is 70.8 Å². The molecule has 2 aliphatic rings. The third-order valence-corrected chi connectivity index (χ3v) is 5.01. The third-order valence-electron chi connectivity index (χ3n) is 5.01. The summed E-state index contributed by atoms with van der Waals surface area (Å²) < 4.78 is 26.5. The second kappa shape index (κ2) is 5.45. The molecule has 1 atom stereocenters. The highest BCUT2D eigenvalue weighted by molar-refractivity contribution is 6.53. The molecule has 4 heteroatoms. The second-order valence-corrected chi connectivity index (χ2v) is 7.68. The summed E-state index contributed by atoms with van der Waals surface area (Å²) in [6.07, 6.45) is 4.09.